The van der Waals surface area contributed by atoms with Crippen LogP contribution in [0.15, 0.2) is 41.3 Å². The van der Waals surface area contributed by atoms with Gasteiger partial charge in [-0.15, -0.1) is 0 Å². The summed E-state index contributed by atoms with van der Waals surface area (Å²) in [5.41, 5.74) is 2.64. The van der Waals surface area contributed by atoms with Crippen LogP contribution in [0.25, 0.3) is 0 Å². The van der Waals surface area contributed by atoms with Crippen LogP contribution in [0, 0.1) is 13.8 Å². The van der Waals surface area contributed by atoms with Crippen molar-refractivity contribution in [2.45, 2.75) is 25.2 Å². The van der Waals surface area contributed by atoms with Crippen LogP contribution in [0.1, 0.15) is 17.5 Å². The Bertz CT molecular complexity index is 1060. The predicted octanol–water partition coefficient (Wildman–Crippen LogP) is 2.65. The van der Waals surface area contributed by atoms with E-state index in [1.807, 2.05) is 13.8 Å². The lowest BCUT2D eigenvalue weighted by Crippen LogP contribution is -2.25. The molecule has 2 aromatic carbocycles. The van der Waals surface area contributed by atoms with Crippen molar-refractivity contribution in [1.82, 2.24) is 0 Å². The summed E-state index contributed by atoms with van der Waals surface area (Å²) >= 11 is 0. The van der Waals surface area contributed by atoms with Gasteiger partial charge < -0.3 is 4.74 Å². The van der Waals surface area contributed by atoms with Gasteiger partial charge in [-0.2, -0.15) is 0 Å². The molecule has 0 atom stereocenters. The SMILES string of the molecule is COc1cc(C)c(C)cc1S(=O)(=O)Nc1ccc(N2CCCS2(=O)=O)cc1. The van der Waals surface area contributed by atoms with E-state index in [1.54, 1.807) is 36.4 Å². The van der Waals surface area contributed by atoms with Gasteiger partial charge in [0.25, 0.3) is 10.0 Å². The second-order valence-corrected chi connectivity index (χ2v) is 10.1. The van der Waals surface area contributed by atoms with Crippen LogP contribution in [-0.4, -0.2) is 36.2 Å². The summed E-state index contributed by atoms with van der Waals surface area (Å²) < 4.78 is 58.7. The number of rotatable bonds is 5. The summed E-state index contributed by atoms with van der Waals surface area (Å²) in [6.45, 7) is 4.15. The van der Waals surface area contributed by atoms with Crippen molar-refractivity contribution in [3.05, 3.63) is 47.5 Å². The second-order valence-electron chi connectivity index (χ2n) is 6.48. The molecule has 27 heavy (non-hydrogen) atoms. The number of methoxy groups -OCH3 is 1. The molecular formula is C18H22N2O5S2. The molecule has 3 rings (SSSR count). The van der Waals surface area contributed by atoms with Crippen LogP contribution < -0.4 is 13.8 Å². The predicted molar refractivity (Wildman–Crippen MR) is 105 cm³/mol. The lowest BCUT2D eigenvalue weighted by molar-refractivity contribution is 0.402. The Hall–Kier alpha value is -2.26. The minimum Gasteiger partial charge on any atom is -0.495 e. The highest BCUT2D eigenvalue weighted by molar-refractivity contribution is 7.93. The molecule has 0 unspecified atom stereocenters. The molecule has 0 aliphatic carbocycles. The first-order valence-electron chi connectivity index (χ1n) is 8.42. The van der Waals surface area contributed by atoms with Crippen LogP contribution in [0.5, 0.6) is 5.75 Å². The summed E-state index contributed by atoms with van der Waals surface area (Å²) in [5.74, 6) is 0.402. The molecule has 1 fully saturated rings. The van der Waals surface area contributed by atoms with Crippen molar-refractivity contribution in [1.29, 1.82) is 0 Å². The lowest BCUT2D eigenvalue weighted by atomic mass is 10.1. The molecule has 1 aliphatic heterocycles. The number of benzene rings is 2. The van der Waals surface area contributed by atoms with Gasteiger partial charge in [-0.3, -0.25) is 9.03 Å². The number of sulfonamides is 2. The van der Waals surface area contributed by atoms with Crippen molar-refractivity contribution in [3.8, 4) is 5.75 Å². The van der Waals surface area contributed by atoms with Gasteiger partial charge in [-0.05, 0) is 67.8 Å². The molecule has 2 aromatic rings. The minimum absolute atomic E-state index is 0.0549. The summed E-state index contributed by atoms with van der Waals surface area (Å²) in [5, 5.41) is 0. The highest BCUT2D eigenvalue weighted by atomic mass is 32.2. The first kappa shape index (κ1) is 19.5. The Kier molecular flexibility index (Phi) is 5.09. The van der Waals surface area contributed by atoms with Crippen LogP contribution in [0.3, 0.4) is 0 Å². The van der Waals surface area contributed by atoms with Crippen LogP contribution in [0.4, 0.5) is 11.4 Å². The molecule has 1 saturated heterocycles. The third kappa shape index (κ3) is 3.89. The van der Waals surface area contributed by atoms with Crippen LogP contribution in [-0.2, 0) is 20.0 Å². The fourth-order valence-corrected chi connectivity index (χ4v) is 5.83. The molecule has 146 valence electrons. The van der Waals surface area contributed by atoms with E-state index in [9.17, 15) is 16.8 Å². The molecule has 0 radical (unpaired) electrons. The first-order valence-corrected chi connectivity index (χ1v) is 11.5. The van der Waals surface area contributed by atoms with E-state index in [-0.39, 0.29) is 16.4 Å². The Morgan fingerprint density at radius 1 is 1.07 bits per heavy atom. The van der Waals surface area contributed by atoms with Crippen molar-refractivity contribution in [2.24, 2.45) is 0 Å². The minimum atomic E-state index is -3.86. The molecule has 7 nitrogen and oxygen atoms in total. The summed E-state index contributed by atoms with van der Waals surface area (Å²) in [6, 6.07) is 9.55. The number of nitrogens with one attached hydrogen (secondary N) is 1. The Morgan fingerprint density at radius 3 is 2.26 bits per heavy atom. The monoisotopic (exact) mass is 410 g/mol. The molecule has 1 aliphatic rings. The molecule has 0 spiro atoms. The van der Waals surface area contributed by atoms with Gasteiger partial charge in [0.1, 0.15) is 10.6 Å². The van der Waals surface area contributed by atoms with Gasteiger partial charge in [0.15, 0.2) is 0 Å². The quantitative estimate of drug-likeness (QED) is 0.818. The number of hydrogen-bond acceptors (Lipinski definition) is 5. The van der Waals surface area contributed by atoms with Gasteiger partial charge in [0, 0.05) is 12.2 Å². The molecule has 9 heteroatoms. The highest BCUT2D eigenvalue weighted by Gasteiger charge is 2.28. The van der Waals surface area contributed by atoms with Gasteiger partial charge in [0.05, 0.1) is 18.6 Å². The maximum atomic E-state index is 12.8. The molecule has 0 bridgehead atoms. The largest absolute Gasteiger partial charge is 0.495 e. The van der Waals surface area contributed by atoms with Crippen LogP contribution in [0.2, 0.25) is 0 Å². The Labute approximate surface area is 160 Å². The zero-order chi connectivity index (χ0) is 19.8. The van der Waals surface area contributed by atoms with E-state index >= 15 is 0 Å². The molecule has 0 aromatic heterocycles. The summed E-state index contributed by atoms with van der Waals surface area (Å²) in [7, 11) is -5.70. The smallest absolute Gasteiger partial charge is 0.265 e. The van der Waals surface area contributed by atoms with Gasteiger partial charge >= 0.3 is 0 Å². The van der Waals surface area contributed by atoms with Crippen molar-refractivity contribution in [2.75, 3.05) is 28.4 Å². The first-order chi connectivity index (χ1) is 12.6. The average molecular weight is 411 g/mol. The van der Waals surface area contributed by atoms with Crippen LogP contribution >= 0.6 is 0 Å². The highest BCUT2D eigenvalue weighted by Crippen LogP contribution is 2.30. The molecule has 1 heterocycles. The topological polar surface area (TPSA) is 92.8 Å². The number of ether oxygens (including phenoxy) is 1. The van der Waals surface area contributed by atoms with E-state index in [0.717, 1.165) is 11.1 Å². The van der Waals surface area contributed by atoms with Crippen molar-refractivity contribution < 1.29 is 21.6 Å². The second kappa shape index (κ2) is 7.05. The standard InChI is InChI=1S/C18H22N2O5S2/c1-13-11-17(25-3)18(12-14(13)2)27(23,24)19-15-5-7-16(8-6-15)20-9-4-10-26(20,21)22/h5-8,11-12,19H,4,9-10H2,1-3H3. The van der Waals surface area contributed by atoms with Crippen molar-refractivity contribution >= 4 is 31.4 Å². The average Bonchev–Trinajstić information content (AvgIpc) is 2.96. The van der Waals surface area contributed by atoms with E-state index in [1.165, 1.54) is 11.4 Å². The van der Waals surface area contributed by atoms with Crippen molar-refractivity contribution in [3.63, 3.8) is 0 Å². The fourth-order valence-electron chi connectivity index (χ4n) is 2.97. The number of nitrogens with zero attached hydrogens (tertiary/aromatic N) is 1. The Balaban J connectivity index is 1.88. The maximum absolute atomic E-state index is 12.8. The molecule has 1 N–H and O–H groups in total. The van der Waals surface area contributed by atoms with Gasteiger partial charge in [0.2, 0.25) is 10.0 Å². The number of aryl methyl sites for hydroxylation is 2. The maximum Gasteiger partial charge on any atom is 0.265 e. The number of anilines is 2. The van der Waals surface area contributed by atoms with E-state index in [2.05, 4.69) is 4.72 Å². The normalized spacial score (nSPS) is 16.3. The fraction of sp³-hybridized carbons (Fsp3) is 0.333. The number of hydrogen-bond donors (Lipinski definition) is 1. The van der Waals surface area contributed by atoms with E-state index in [4.69, 9.17) is 4.74 Å². The molecular weight excluding hydrogens is 388 g/mol. The Morgan fingerprint density at radius 2 is 1.70 bits per heavy atom. The third-order valence-electron chi connectivity index (χ3n) is 4.58. The van der Waals surface area contributed by atoms with E-state index < -0.39 is 20.0 Å². The van der Waals surface area contributed by atoms with Gasteiger partial charge in [-0.1, -0.05) is 0 Å². The molecule has 0 amide bonds. The molecule has 0 saturated carbocycles. The zero-order valence-corrected chi connectivity index (χ0v) is 17.0. The van der Waals surface area contributed by atoms with E-state index in [0.29, 0.717) is 24.3 Å². The summed E-state index contributed by atoms with van der Waals surface area (Å²) in [6.07, 6.45) is 0.587. The summed E-state index contributed by atoms with van der Waals surface area (Å²) in [4.78, 5) is 0.0549. The van der Waals surface area contributed by atoms with Gasteiger partial charge in [-0.25, -0.2) is 16.8 Å². The lowest BCUT2D eigenvalue weighted by Gasteiger charge is -2.18. The third-order valence-corrected chi connectivity index (χ3v) is 7.85. The zero-order valence-electron chi connectivity index (χ0n) is 15.4.